The molecule has 2 aliphatic rings. The summed E-state index contributed by atoms with van der Waals surface area (Å²) in [7, 11) is -14.7. The number of aryl methyl sites for hydroxylation is 1. The number of rotatable bonds is 9. The van der Waals surface area contributed by atoms with Crippen LogP contribution in [-0.4, -0.2) is 76.8 Å². The lowest BCUT2D eigenvalue weighted by molar-refractivity contribution is -0.108. The first kappa shape index (κ1) is 38.2. The Labute approximate surface area is 309 Å². The summed E-state index contributed by atoms with van der Waals surface area (Å²) < 4.78 is 99.6. The average molecular weight is 812 g/mol. The summed E-state index contributed by atoms with van der Waals surface area (Å²) in [5.74, 6) is -2.09. The Morgan fingerprint density at radius 3 is 2.00 bits per heavy atom. The summed E-state index contributed by atoms with van der Waals surface area (Å²) >= 11 is 0. The number of nitrogen functional groups attached to an aromatic ring is 1. The number of anilines is 3. The van der Waals surface area contributed by atoms with Crippen molar-refractivity contribution in [2.24, 2.45) is 10.2 Å². The number of aromatic hydroxyl groups is 1. The summed E-state index contributed by atoms with van der Waals surface area (Å²) in [6, 6.07) is 9.60. The highest BCUT2D eigenvalue weighted by Crippen LogP contribution is 2.35. The van der Waals surface area contributed by atoms with Crippen LogP contribution < -0.4 is 22.1 Å². The van der Waals surface area contributed by atoms with Crippen LogP contribution in [0.2, 0.25) is 0 Å². The predicted octanol–water partition coefficient (Wildman–Crippen LogP) is 2.17. The normalized spacial score (nSPS) is 16.0. The van der Waals surface area contributed by atoms with Crippen molar-refractivity contribution >= 4 is 82.1 Å². The van der Waals surface area contributed by atoms with Crippen LogP contribution in [0.5, 0.6) is 5.75 Å². The topological polar surface area (TPSA) is 330 Å². The standard InChI is InChI=1S/C32H25N7O13S3/c1-15-30(32(43)39(38-15)18-4-6-19(7-5-18)53(44,45)46)37-35-22-10-3-17(13-25(22)41)16-2-9-21(24(40)12-16)34-36-23-11-8-20-26(54(47,48)49)14-27(55(50,51)52)29(33)28(20)31(23)42/h2-14,35,37-38,41H,33H2,1H3,(H,44,45,46)(H,47,48,49)(H,50,51,52). The Kier molecular flexibility index (Phi) is 9.54. The van der Waals surface area contributed by atoms with Crippen molar-refractivity contribution in [3.8, 4) is 11.4 Å². The van der Waals surface area contributed by atoms with Gasteiger partial charge in [0.25, 0.3) is 35.9 Å². The van der Waals surface area contributed by atoms with Crippen LogP contribution in [-0.2, 0) is 35.1 Å². The molecular formula is C32H25N7O13S3. The van der Waals surface area contributed by atoms with E-state index in [-0.39, 0.29) is 33.4 Å². The van der Waals surface area contributed by atoms with Gasteiger partial charge in [-0.15, -0.1) is 10.2 Å². The van der Waals surface area contributed by atoms with Crippen molar-refractivity contribution in [2.45, 2.75) is 21.6 Å². The zero-order valence-corrected chi connectivity index (χ0v) is 30.1. The summed E-state index contributed by atoms with van der Waals surface area (Å²) in [4.78, 5) is 36.7. The van der Waals surface area contributed by atoms with Gasteiger partial charge in [0.2, 0.25) is 11.6 Å². The van der Waals surface area contributed by atoms with Gasteiger partial charge in [-0.3, -0.25) is 44.0 Å². The Morgan fingerprint density at radius 2 is 1.40 bits per heavy atom. The van der Waals surface area contributed by atoms with E-state index in [0.717, 1.165) is 35.0 Å². The van der Waals surface area contributed by atoms with Gasteiger partial charge in [-0.05, 0) is 78.8 Å². The summed E-state index contributed by atoms with van der Waals surface area (Å²) in [5, 5.41) is 21.1. The van der Waals surface area contributed by atoms with Gasteiger partial charge in [0.05, 0.1) is 33.2 Å². The van der Waals surface area contributed by atoms with Crippen LogP contribution in [0.25, 0.3) is 17.3 Å². The van der Waals surface area contributed by atoms with Crippen LogP contribution in [0.4, 0.5) is 17.1 Å². The number of allylic oxidation sites excluding steroid dienone is 5. The highest BCUT2D eigenvalue weighted by molar-refractivity contribution is 7.87. The van der Waals surface area contributed by atoms with Gasteiger partial charge in [-0.1, -0.05) is 18.2 Å². The number of benzene rings is 3. The largest absolute Gasteiger partial charge is 0.506 e. The first-order valence-electron chi connectivity index (χ1n) is 15.1. The van der Waals surface area contributed by atoms with Crippen molar-refractivity contribution < 1.29 is 53.6 Å². The number of aromatic amines is 1. The molecule has 0 amide bonds. The number of H-pyrrole nitrogens is 1. The molecule has 55 heavy (non-hydrogen) atoms. The smallest absolute Gasteiger partial charge is 0.296 e. The van der Waals surface area contributed by atoms with E-state index >= 15 is 0 Å². The fraction of sp³-hybridized carbons (Fsp3) is 0.0312. The number of carbonyl (C=O) groups is 2. The van der Waals surface area contributed by atoms with Gasteiger partial charge < -0.3 is 10.8 Å². The summed E-state index contributed by atoms with van der Waals surface area (Å²) in [5.41, 5.74) is 9.52. The van der Waals surface area contributed by atoms with E-state index in [9.17, 15) is 58.4 Å². The van der Waals surface area contributed by atoms with Gasteiger partial charge in [-0.25, -0.2) is 4.68 Å². The lowest BCUT2D eigenvalue weighted by Gasteiger charge is -2.18. The lowest BCUT2D eigenvalue weighted by Crippen LogP contribution is -2.23. The molecule has 0 aliphatic heterocycles. The number of hydrogen-bond acceptors (Lipinski definition) is 15. The van der Waals surface area contributed by atoms with E-state index < -0.39 is 79.8 Å². The van der Waals surface area contributed by atoms with Crippen LogP contribution in [0, 0.1) is 6.92 Å². The second kappa shape index (κ2) is 13.7. The van der Waals surface area contributed by atoms with Crippen LogP contribution in [0.3, 0.4) is 0 Å². The second-order valence-electron chi connectivity index (χ2n) is 11.7. The molecule has 0 saturated carbocycles. The number of nitrogens with two attached hydrogens (primary N) is 1. The lowest BCUT2D eigenvalue weighted by atomic mass is 9.93. The first-order chi connectivity index (χ1) is 25.6. The van der Waals surface area contributed by atoms with E-state index in [0.29, 0.717) is 22.9 Å². The molecule has 3 aromatic carbocycles. The van der Waals surface area contributed by atoms with E-state index in [1.54, 1.807) is 13.0 Å². The van der Waals surface area contributed by atoms with Crippen molar-refractivity contribution in [2.75, 3.05) is 16.6 Å². The number of phenolic OH excluding ortho intramolecular Hbond substituents is 1. The number of aromatic nitrogens is 2. The molecule has 0 bridgehead atoms. The molecule has 1 heterocycles. The molecular weight excluding hydrogens is 787 g/mol. The molecule has 4 aromatic rings. The summed E-state index contributed by atoms with van der Waals surface area (Å²) in [6.07, 6.45) is 5.89. The Balaban J connectivity index is 1.18. The molecule has 2 aliphatic carbocycles. The van der Waals surface area contributed by atoms with Gasteiger partial charge in [0.15, 0.2) is 0 Å². The number of hydrogen-bond donors (Lipinski definition) is 8. The zero-order chi connectivity index (χ0) is 40.2. The molecule has 0 fully saturated rings. The third-order valence-corrected chi connectivity index (χ3v) is 10.8. The number of fused-ring (bicyclic) bond motifs is 1. The highest BCUT2D eigenvalue weighted by atomic mass is 32.2. The molecule has 6 rings (SSSR count). The van der Waals surface area contributed by atoms with E-state index in [1.807, 2.05) is 0 Å². The molecule has 23 heteroatoms. The molecule has 0 unspecified atom stereocenters. The fourth-order valence-corrected chi connectivity index (χ4v) is 7.34. The minimum Gasteiger partial charge on any atom is -0.506 e. The minimum atomic E-state index is -5.15. The van der Waals surface area contributed by atoms with Crippen LogP contribution in [0.15, 0.2) is 103 Å². The molecule has 0 atom stereocenters. The van der Waals surface area contributed by atoms with Crippen LogP contribution >= 0.6 is 0 Å². The zero-order valence-electron chi connectivity index (χ0n) is 27.6. The Hall–Kier alpha value is -6.50. The van der Waals surface area contributed by atoms with Crippen molar-refractivity contribution in [1.29, 1.82) is 0 Å². The van der Waals surface area contributed by atoms with Crippen molar-refractivity contribution in [3.63, 3.8) is 0 Å². The van der Waals surface area contributed by atoms with Gasteiger partial charge in [0.1, 0.15) is 32.7 Å². The number of nitrogens with one attached hydrogen (secondary N) is 3. The molecule has 284 valence electrons. The third-order valence-electron chi connectivity index (χ3n) is 8.10. The first-order valence-corrected chi connectivity index (χ1v) is 19.5. The molecule has 0 spiro atoms. The van der Waals surface area contributed by atoms with Crippen molar-refractivity contribution in [1.82, 2.24) is 9.78 Å². The number of hydrazine groups is 1. The number of Topliss-reactive ketones (excluding diaryl/α,β-unsaturated/α-hetero) is 1. The van der Waals surface area contributed by atoms with Gasteiger partial charge >= 0.3 is 0 Å². The van der Waals surface area contributed by atoms with E-state index in [4.69, 9.17) is 5.73 Å². The number of carbonyl (C=O) groups excluding carboxylic acids is 2. The molecule has 9 N–H and O–H groups in total. The average Bonchev–Trinajstić information content (AvgIpc) is 3.38. The number of ketones is 2. The molecule has 0 radical (unpaired) electrons. The maximum atomic E-state index is 13.2. The highest BCUT2D eigenvalue weighted by Gasteiger charge is 2.33. The molecule has 0 saturated heterocycles. The van der Waals surface area contributed by atoms with Crippen LogP contribution in [0.1, 0.15) is 27.2 Å². The monoisotopic (exact) mass is 811 g/mol. The second-order valence-corrected chi connectivity index (χ2v) is 15.9. The number of nitrogens with zero attached hydrogens (tertiary/aromatic N) is 3. The predicted molar refractivity (Wildman–Crippen MR) is 197 cm³/mol. The molecule has 1 aromatic heterocycles. The quantitative estimate of drug-likeness (QED) is 0.0395. The van der Waals surface area contributed by atoms with E-state index in [1.165, 1.54) is 36.4 Å². The van der Waals surface area contributed by atoms with Crippen molar-refractivity contribution in [3.05, 3.63) is 106 Å². The Morgan fingerprint density at radius 1 is 0.764 bits per heavy atom. The SMILES string of the molecule is Cc1[nH]n(-c2ccc(S(=O)(=O)O)cc2)c(=O)c1NNc1ccc(C2=CC(=O)C(=NN=C3C=Cc4c(S(=O)(=O)O)cc(S(=O)(=O)O)c(N)c4C3=O)C=C2)cc1O. The van der Waals surface area contributed by atoms with E-state index in [2.05, 4.69) is 26.2 Å². The third kappa shape index (κ3) is 7.50. The Bertz CT molecular complexity index is 2920. The maximum absolute atomic E-state index is 13.2. The molecule has 20 nitrogen and oxygen atoms in total. The number of phenols is 1. The van der Waals surface area contributed by atoms with Gasteiger partial charge in [-0.2, -0.15) is 25.3 Å². The maximum Gasteiger partial charge on any atom is 0.296 e. The minimum absolute atomic E-state index is 0.0602. The fourth-order valence-electron chi connectivity index (χ4n) is 5.42. The summed E-state index contributed by atoms with van der Waals surface area (Å²) in [6.45, 7) is 1.59. The van der Waals surface area contributed by atoms with Gasteiger partial charge in [0, 0.05) is 5.56 Å².